The van der Waals surface area contributed by atoms with Crippen LogP contribution in [0, 0.1) is 29.2 Å². The monoisotopic (exact) mass is 536 g/mol. The third-order valence-electron chi connectivity index (χ3n) is 5.51. The normalized spacial score (nSPS) is 18.6. The number of ether oxygens (including phenoxy) is 3. The molecular weight excluding hydrogens is 519 g/mol. The van der Waals surface area contributed by atoms with Gasteiger partial charge in [0.15, 0.2) is 17.9 Å². The summed E-state index contributed by atoms with van der Waals surface area (Å²) in [5, 5.41) is 0. The first kappa shape index (κ1) is 26.8. The van der Waals surface area contributed by atoms with Crippen molar-refractivity contribution in [2.75, 3.05) is 13.2 Å². The fourth-order valence-electron chi connectivity index (χ4n) is 3.68. The standard InChI is InChI=1S/C25H17F9O3/c1-12-10-35-23(36-11-12)17-7-6-16(21(28)22(17)29)13-2-4-14(5-3-13)25(33,34)37-15-8-18(26)20(19(27)9-15)24(30,31)32/h2-9,12,23H,10-11H2,1H3. The summed E-state index contributed by atoms with van der Waals surface area (Å²) in [6.45, 7) is 2.43. The van der Waals surface area contributed by atoms with Crippen molar-refractivity contribution in [3.63, 3.8) is 0 Å². The van der Waals surface area contributed by atoms with Crippen LogP contribution in [0.3, 0.4) is 0 Å². The molecule has 1 saturated heterocycles. The Morgan fingerprint density at radius 3 is 1.89 bits per heavy atom. The van der Waals surface area contributed by atoms with Gasteiger partial charge < -0.3 is 14.2 Å². The Hall–Kier alpha value is -3.25. The van der Waals surface area contributed by atoms with Gasteiger partial charge in [0.2, 0.25) is 0 Å². The summed E-state index contributed by atoms with van der Waals surface area (Å²) in [6, 6.07) is 6.03. The van der Waals surface area contributed by atoms with E-state index in [1.807, 2.05) is 6.92 Å². The van der Waals surface area contributed by atoms with Crippen molar-refractivity contribution in [3.8, 4) is 16.9 Å². The van der Waals surface area contributed by atoms with E-state index in [1.54, 1.807) is 0 Å². The Morgan fingerprint density at radius 2 is 1.35 bits per heavy atom. The highest BCUT2D eigenvalue weighted by molar-refractivity contribution is 5.65. The highest BCUT2D eigenvalue weighted by Crippen LogP contribution is 2.39. The molecule has 0 atom stereocenters. The molecule has 1 fully saturated rings. The second-order valence-electron chi connectivity index (χ2n) is 8.39. The molecule has 1 heterocycles. The average molecular weight is 536 g/mol. The molecule has 1 aliphatic rings. The van der Waals surface area contributed by atoms with Gasteiger partial charge in [-0.1, -0.05) is 31.2 Å². The van der Waals surface area contributed by atoms with Crippen molar-refractivity contribution in [2.24, 2.45) is 5.92 Å². The molecule has 0 aromatic heterocycles. The fraction of sp³-hybridized carbons (Fsp3) is 0.280. The molecule has 0 N–H and O–H groups in total. The van der Waals surface area contributed by atoms with Crippen LogP contribution in [0.1, 0.15) is 29.9 Å². The van der Waals surface area contributed by atoms with Crippen LogP contribution in [0.25, 0.3) is 11.1 Å². The minimum absolute atomic E-state index is 0.00761. The van der Waals surface area contributed by atoms with Crippen molar-refractivity contribution in [1.29, 1.82) is 0 Å². The van der Waals surface area contributed by atoms with Gasteiger partial charge in [0.05, 0.1) is 18.8 Å². The fourth-order valence-corrected chi connectivity index (χ4v) is 3.68. The topological polar surface area (TPSA) is 27.7 Å². The Balaban J connectivity index is 1.55. The van der Waals surface area contributed by atoms with Gasteiger partial charge in [0, 0.05) is 29.2 Å². The lowest BCUT2D eigenvalue weighted by molar-refractivity contribution is -0.203. The summed E-state index contributed by atoms with van der Waals surface area (Å²) in [6.07, 6.45) is -10.7. The van der Waals surface area contributed by atoms with E-state index < -0.39 is 58.7 Å². The number of hydrogen-bond donors (Lipinski definition) is 0. The maximum absolute atomic E-state index is 14.8. The number of rotatable bonds is 5. The van der Waals surface area contributed by atoms with E-state index in [9.17, 15) is 39.5 Å². The molecule has 3 aromatic carbocycles. The van der Waals surface area contributed by atoms with Crippen molar-refractivity contribution in [3.05, 3.63) is 88.5 Å². The molecule has 3 nitrogen and oxygen atoms in total. The number of hydrogen-bond acceptors (Lipinski definition) is 3. The maximum atomic E-state index is 14.8. The first-order valence-corrected chi connectivity index (χ1v) is 10.7. The van der Waals surface area contributed by atoms with Gasteiger partial charge in [-0.3, -0.25) is 0 Å². The molecule has 0 saturated carbocycles. The minimum Gasteiger partial charge on any atom is -0.429 e. The third-order valence-corrected chi connectivity index (χ3v) is 5.51. The van der Waals surface area contributed by atoms with Crippen LogP contribution in [0.5, 0.6) is 5.75 Å². The highest BCUT2D eigenvalue weighted by atomic mass is 19.4. The predicted molar refractivity (Wildman–Crippen MR) is 111 cm³/mol. The summed E-state index contributed by atoms with van der Waals surface area (Å²) >= 11 is 0. The minimum atomic E-state index is -5.38. The number of alkyl halides is 5. The lowest BCUT2D eigenvalue weighted by atomic mass is 10.0. The maximum Gasteiger partial charge on any atom is 0.426 e. The smallest absolute Gasteiger partial charge is 0.426 e. The van der Waals surface area contributed by atoms with Crippen LogP contribution in [0.2, 0.25) is 0 Å². The van der Waals surface area contributed by atoms with Crippen LogP contribution < -0.4 is 4.74 Å². The summed E-state index contributed by atoms with van der Waals surface area (Å²) < 4.78 is 139. The zero-order chi connectivity index (χ0) is 27.1. The molecule has 1 aliphatic heterocycles. The second kappa shape index (κ2) is 9.90. The van der Waals surface area contributed by atoms with E-state index in [-0.39, 0.29) is 48.0 Å². The summed E-state index contributed by atoms with van der Waals surface area (Å²) in [7, 11) is 0. The van der Waals surface area contributed by atoms with Crippen molar-refractivity contribution in [1.82, 2.24) is 0 Å². The molecule has 37 heavy (non-hydrogen) atoms. The summed E-state index contributed by atoms with van der Waals surface area (Å²) in [4.78, 5) is 0. The summed E-state index contributed by atoms with van der Waals surface area (Å²) in [5.41, 5.74) is -3.53. The molecule has 3 aromatic rings. The molecule has 0 bridgehead atoms. The largest absolute Gasteiger partial charge is 0.429 e. The van der Waals surface area contributed by atoms with E-state index >= 15 is 0 Å². The molecule has 0 aliphatic carbocycles. The predicted octanol–water partition coefficient (Wildman–Crippen LogP) is 7.74. The van der Waals surface area contributed by atoms with E-state index in [4.69, 9.17) is 9.47 Å². The van der Waals surface area contributed by atoms with Crippen LogP contribution in [-0.2, 0) is 21.8 Å². The molecule has 12 heteroatoms. The molecule has 198 valence electrons. The Kier molecular flexibility index (Phi) is 7.17. The number of halogens is 9. The Labute approximate surface area is 204 Å². The van der Waals surface area contributed by atoms with Gasteiger partial charge in [-0.25, -0.2) is 17.6 Å². The quantitative estimate of drug-likeness (QED) is 0.312. The molecule has 0 unspecified atom stereocenters. The average Bonchev–Trinajstić information content (AvgIpc) is 2.80. The molecule has 0 amide bonds. The van der Waals surface area contributed by atoms with Crippen molar-refractivity contribution >= 4 is 0 Å². The van der Waals surface area contributed by atoms with Gasteiger partial charge in [-0.15, -0.1) is 0 Å². The van der Waals surface area contributed by atoms with Gasteiger partial charge in [-0.05, 0) is 17.7 Å². The Morgan fingerprint density at radius 1 is 0.784 bits per heavy atom. The van der Waals surface area contributed by atoms with Gasteiger partial charge >= 0.3 is 12.3 Å². The first-order chi connectivity index (χ1) is 17.3. The van der Waals surface area contributed by atoms with Crippen LogP contribution in [-0.4, -0.2) is 13.2 Å². The van der Waals surface area contributed by atoms with E-state index in [1.165, 1.54) is 12.1 Å². The highest BCUT2D eigenvalue weighted by Gasteiger charge is 2.40. The van der Waals surface area contributed by atoms with Crippen LogP contribution >= 0.6 is 0 Å². The van der Waals surface area contributed by atoms with E-state index in [0.717, 1.165) is 24.3 Å². The molecule has 0 radical (unpaired) electrons. The molecular formula is C25H17F9O3. The molecule has 4 rings (SSSR count). The van der Waals surface area contributed by atoms with Crippen molar-refractivity contribution in [2.45, 2.75) is 25.5 Å². The number of benzene rings is 3. The summed E-state index contributed by atoms with van der Waals surface area (Å²) in [5.74, 6) is -7.87. The zero-order valence-electron chi connectivity index (χ0n) is 18.8. The van der Waals surface area contributed by atoms with Gasteiger partial charge in [0.1, 0.15) is 22.9 Å². The lowest BCUT2D eigenvalue weighted by Crippen LogP contribution is -2.25. The third kappa shape index (κ3) is 5.54. The van der Waals surface area contributed by atoms with Gasteiger partial charge in [-0.2, -0.15) is 22.0 Å². The van der Waals surface area contributed by atoms with Crippen LogP contribution in [0.4, 0.5) is 39.5 Å². The molecule has 0 spiro atoms. The SMILES string of the molecule is CC1COC(c2ccc(-c3ccc(C(F)(F)Oc4cc(F)c(C(F)(F)F)c(F)c4)cc3)c(F)c2F)OC1. The lowest BCUT2D eigenvalue weighted by Gasteiger charge is -2.28. The van der Waals surface area contributed by atoms with Crippen LogP contribution in [0.15, 0.2) is 48.5 Å². The van der Waals surface area contributed by atoms with E-state index in [2.05, 4.69) is 4.74 Å². The zero-order valence-corrected chi connectivity index (χ0v) is 18.8. The van der Waals surface area contributed by atoms with Crippen molar-refractivity contribution < 1.29 is 53.7 Å². The van der Waals surface area contributed by atoms with Gasteiger partial charge in [0.25, 0.3) is 0 Å². The Bertz CT molecular complexity index is 1260. The van der Waals surface area contributed by atoms with E-state index in [0.29, 0.717) is 0 Å². The second-order valence-corrected chi connectivity index (χ2v) is 8.39. The first-order valence-electron chi connectivity index (χ1n) is 10.7.